The number of rotatable bonds is 6. The van der Waals surface area contributed by atoms with Crippen LogP contribution in [-0.2, 0) is 15.3 Å². The normalized spacial score (nSPS) is 17.3. The SMILES string of the molecule is Cc1ccc(C(O)=C2C(=O)C(=O)N(c3nnc(SCc4ccccc4)s3)C2c2cccs2)cc1F. The summed E-state index contributed by atoms with van der Waals surface area (Å²) in [5.41, 5.74) is 1.56. The average molecular weight is 524 g/mol. The van der Waals surface area contributed by atoms with E-state index in [1.807, 2.05) is 35.7 Å². The Morgan fingerprint density at radius 3 is 2.63 bits per heavy atom. The third-order valence-electron chi connectivity index (χ3n) is 5.51. The lowest BCUT2D eigenvalue weighted by atomic mass is 9.99. The van der Waals surface area contributed by atoms with Gasteiger partial charge in [-0.1, -0.05) is 71.6 Å². The summed E-state index contributed by atoms with van der Waals surface area (Å²) in [5, 5.41) is 21.5. The highest BCUT2D eigenvalue weighted by molar-refractivity contribution is 8.00. The summed E-state index contributed by atoms with van der Waals surface area (Å²) in [6.45, 7) is 1.60. The van der Waals surface area contributed by atoms with Crippen LogP contribution in [0.2, 0.25) is 0 Å². The lowest BCUT2D eigenvalue weighted by molar-refractivity contribution is -0.132. The van der Waals surface area contributed by atoms with Crippen molar-refractivity contribution in [3.8, 4) is 0 Å². The second-order valence-electron chi connectivity index (χ2n) is 7.77. The highest BCUT2D eigenvalue weighted by atomic mass is 32.2. The Labute approximate surface area is 212 Å². The number of hydrogen-bond acceptors (Lipinski definition) is 8. The van der Waals surface area contributed by atoms with Gasteiger partial charge in [0, 0.05) is 16.2 Å². The van der Waals surface area contributed by atoms with Crippen molar-refractivity contribution >= 4 is 57.0 Å². The lowest BCUT2D eigenvalue weighted by Crippen LogP contribution is -2.29. The van der Waals surface area contributed by atoms with Crippen molar-refractivity contribution in [3.63, 3.8) is 0 Å². The first-order valence-corrected chi connectivity index (χ1v) is 13.2. The number of aliphatic hydroxyl groups is 1. The molecule has 6 nitrogen and oxygen atoms in total. The van der Waals surface area contributed by atoms with Gasteiger partial charge in [-0.25, -0.2) is 4.39 Å². The van der Waals surface area contributed by atoms with Gasteiger partial charge in [-0.15, -0.1) is 21.5 Å². The molecule has 1 aliphatic heterocycles. The maximum absolute atomic E-state index is 14.2. The zero-order chi connectivity index (χ0) is 24.5. The van der Waals surface area contributed by atoms with E-state index in [-0.39, 0.29) is 16.3 Å². The number of ketones is 1. The summed E-state index contributed by atoms with van der Waals surface area (Å²) in [6.07, 6.45) is 0. The van der Waals surface area contributed by atoms with Gasteiger partial charge in [0.25, 0.3) is 5.78 Å². The molecule has 1 unspecified atom stereocenters. The van der Waals surface area contributed by atoms with E-state index >= 15 is 0 Å². The fourth-order valence-electron chi connectivity index (χ4n) is 3.72. The average Bonchev–Trinajstić information content (AvgIpc) is 3.61. The third kappa shape index (κ3) is 4.52. The number of nitrogens with zero attached hydrogens (tertiary/aromatic N) is 3. The fraction of sp³-hybridized carbons (Fsp3) is 0.120. The van der Waals surface area contributed by atoms with Crippen LogP contribution < -0.4 is 4.90 Å². The molecule has 1 N–H and O–H groups in total. The van der Waals surface area contributed by atoms with Gasteiger partial charge in [0.05, 0.1) is 5.57 Å². The molecule has 0 aliphatic carbocycles. The molecule has 0 spiro atoms. The second kappa shape index (κ2) is 9.73. The first-order chi connectivity index (χ1) is 16.9. The molecule has 10 heteroatoms. The van der Waals surface area contributed by atoms with Crippen LogP contribution in [0.4, 0.5) is 9.52 Å². The Bertz CT molecular complexity index is 1430. The number of carbonyl (C=O) groups is 2. The molecule has 0 radical (unpaired) electrons. The van der Waals surface area contributed by atoms with Gasteiger partial charge in [0.1, 0.15) is 17.6 Å². The summed E-state index contributed by atoms with van der Waals surface area (Å²) >= 11 is 4.03. The molecule has 0 bridgehead atoms. The van der Waals surface area contributed by atoms with Crippen LogP contribution in [0.15, 0.2) is 76.0 Å². The van der Waals surface area contributed by atoms with E-state index in [2.05, 4.69) is 10.2 Å². The van der Waals surface area contributed by atoms with Crippen molar-refractivity contribution in [1.29, 1.82) is 0 Å². The summed E-state index contributed by atoms with van der Waals surface area (Å²) < 4.78 is 14.8. The summed E-state index contributed by atoms with van der Waals surface area (Å²) in [7, 11) is 0. The van der Waals surface area contributed by atoms with Gasteiger partial charge in [0.15, 0.2) is 4.34 Å². The molecule has 1 aliphatic rings. The van der Waals surface area contributed by atoms with E-state index in [1.165, 1.54) is 51.5 Å². The van der Waals surface area contributed by atoms with Crippen LogP contribution in [0.5, 0.6) is 0 Å². The number of thiophene rings is 1. The molecule has 1 fully saturated rings. The number of benzene rings is 2. The Hall–Kier alpha value is -3.34. The highest BCUT2D eigenvalue weighted by Crippen LogP contribution is 2.45. The summed E-state index contributed by atoms with van der Waals surface area (Å²) in [5.74, 6) is -1.92. The molecule has 3 heterocycles. The first kappa shape index (κ1) is 23.4. The minimum absolute atomic E-state index is 0.102. The van der Waals surface area contributed by atoms with Crippen molar-refractivity contribution in [3.05, 3.63) is 99.0 Å². The van der Waals surface area contributed by atoms with Crippen LogP contribution in [0.25, 0.3) is 5.76 Å². The molecule has 1 amide bonds. The van der Waals surface area contributed by atoms with Crippen molar-refractivity contribution in [1.82, 2.24) is 10.2 Å². The standard InChI is InChI=1S/C25H18FN3O3S3/c1-14-9-10-16(12-17(14)26)21(30)19-20(18-8-5-11-33-18)29(23(32)22(19)31)24-27-28-25(35-24)34-13-15-6-3-2-4-7-15/h2-12,20,30H,13H2,1H3. The van der Waals surface area contributed by atoms with Crippen molar-refractivity contribution in [2.24, 2.45) is 0 Å². The van der Waals surface area contributed by atoms with Crippen LogP contribution in [-0.4, -0.2) is 27.0 Å². The van der Waals surface area contributed by atoms with E-state index in [0.717, 1.165) is 11.6 Å². The minimum atomic E-state index is -0.890. The van der Waals surface area contributed by atoms with Crippen molar-refractivity contribution < 1.29 is 19.1 Å². The second-order valence-corrected chi connectivity index (χ2v) is 10.9. The van der Waals surface area contributed by atoms with Gasteiger partial charge in [0.2, 0.25) is 5.13 Å². The Kier molecular flexibility index (Phi) is 6.50. The maximum atomic E-state index is 14.2. The predicted octanol–water partition coefficient (Wildman–Crippen LogP) is 5.97. The van der Waals surface area contributed by atoms with Gasteiger partial charge in [-0.05, 0) is 35.6 Å². The van der Waals surface area contributed by atoms with Crippen LogP contribution >= 0.6 is 34.4 Å². The van der Waals surface area contributed by atoms with Crippen molar-refractivity contribution in [2.45, 2.75) is 23.1 Å². The third-order valence-corrected chi connectivity index (χ3v) is 8.56. The molecule has 2 aromatic carbocycles. The smallest absolute Gasteiger partial charge is 0.301 e. The Morgan fingerprint density at radius 2 is 1.91 bits per heavy atom. The van der Waals surface area contributed by atoms with Crippen LogP contribution in [0.3, 0.4) is 0 Å². The molecule has 1 saturated heterocycles. The summed E-state index contributed by atoms with van der Waals surface area (Å²) in [6, 6.07) is 16.8. The van der Waals surface area contributed by atoms with E-state index in [9.17, 15) is 19.1 Å². The molecule has 1 atom stereocenters. The van der Waals surface area contributed by atoms with E-state index < -0.39 is 29.3 Å². The number of aromatic nitrogens is 2. The zero-order valence-electron chi connectivity index (χ0n) is 18.3. The first-order valence-electron chi connectivity index (χ1n) is 10.5. The Balaban J connectivity index is 1.53. The van der Waals surface area contributed by atoms with E-state index in [1.54, 1.807) is 19.1 Å². The predicted molar refractivity (Wildman–Crippen MR) is 136 cm³/mol. The van der Waals surface area contributed by atoms with E-state index in [4.69, 9.17) is 0 Å². The molecular weight excluding hydrogens is 505 g/mol. The number of anilines is 1. The molecule has 0 saturated carbocycles. The fourth-order valence-corrected chi connectivity index (χ4v) is 6.37. The monoisotopic (exact) mass is 523 g/mol. The van der Waals surface area contributed by atoms with Gasteiger partial charge >= 0.3 is 5.91 Å². The lowest BCUT2D eigenvalue weighted by Gasteiger charge is -2.20. The number of thioether (sulfide) groups is 1. The Morgan fingerprint density at radius 1 is 1.11 bits per heavy atom. The number of hydrogen-bond donors (Lipinski definition) is 1. The van der Waals surface area contributed by atoms with Gasteiger partial charge < -0.3 is 5.11 Å². The number of Topliss-reactive ketones (excluding diaryl/α,β-unsaturated/α-hetero) is 1. The summed E-state index contributed by atoms with van der Waals surface area (Å²) in [4.78, 5) is 28.2. The molecule has 176 valence electrons. The molecular formula is C25H18FN3O3S3. The highest BCUT2D eigenvalue weighted by Gasteiger charge is 2.48. The quantitative estimate of drug-likeness (QED) is 0.110. The number of aliphatic hydroxyl groups excluding tert-OH is 1. The molecule has 5 rings (SSSR count). The van der Waals surface area contributed by atoms with Gasteiger partial charge in [-0.2, -0.15) is 0 Å². The number of carbonyl (C=O) groups excluding carboxylic acids is 2. The van der Waals surface area contributed by atoms with Crippen LogP contribution in [0.1, 0.15) is 27.6 Å². The van der Waals surface area contributed by atoms with Crippen molar-refractivity contribution in [2.75, 3.05) is 4.90 Å². The largest absolute Gasteiger partial charge is 0.507 e. The maximum Gasteiger partial charge on any atom is 0.301 e. The number of halogens is 1. The molecule has 35 heavy (non-hydrogen) atoms. The number of aryl methyl sites for hydroxylation is 1. The minimum Gasteiger partial charge on any atom is -0.507 e. The number of amides is 1. The van der Waals surface area contributed by atoms with Gasteiger partial charge in [-0.3, -0.25) is 14.5 Å². The van der Waals surface area contributed by atoms with E-state index in [0.29, 0.717) is 20.5 Å². The molecule has 4 aromatic rings. The van der Waals surface area contributed by atoms with Crippen LogP contribution in [0, 0.1) is 12.7 Å². The molecule has 2 aromatic heterocycles. The topological polar surface area (TPSA) is 83.4 Å². The zero-order valence-corrected chi connectivity index (χ0v) is 20.8.